The van der Waals surface area contributed by atoms with E-state index >= 15 is 0 Å². The van der Waals surface area contributed by atoms with Crippen LogP contribution < -0.4 is 5.32 Å². The lowest BCUT2D eigenvalue weighted by Crippen LogP contribution is -2.35. The number of pyridine rings is 1. The Bertz CT molecular complexity index is 605. The summed E-state index contributed by atoms with van der Waals surface area (Å²) in [5.41, 5.74) is 4.68. The van der Waals surface area contributed by atoms with Crippen LogP contribution in [0.4, 0.5) is 0 Å². The van der Waals surface area contributed by atoms with Crippen LogP contribution in [-0.2, 0) is 6.54 Å². The van der Waals surface area contributed by atoms with E-state index in [0.29, 0.717) is 0 Å². The molecule has 1 N–H and O–H groups in total. The van der Waals surface area contributed by atoms with Crippen molar-refractivity contribution in [3.8, 4) is 5.82 Å². The summed E-state index contributed by atoms with van der Waals surface area (Å²) in [4.78, 5) is 4.53. The molecule has 0 unspecified atom stereocenters. The number of hydrogen-bond acceptors (Lipinski definition) is 3. The molecule has 0 spiro atoms. The fraction of sp³-hybridized carbons (Fsp3) is 0.500. The van der Waals surface area contributed by atoms with Crippen molar-refractivity contribution < 1.29 is 0 Å². The lowest BCUT2D eigenvalue weighted by Gasteiger charge is -2.21. The smallest absolute Gasteiger partial charge is 0.158 e. The van der Waals surface area contributed by atoms with Crippen LogP contribution in [0, 0.1) is 20.8 Å². The van der Waals surface area contributed by atoms with E-state index in [4.69, 9.17) is 0 Å². The number of nitrogens with one attached hydrogen (secondary N) is 1. The highest BCUT2D eigenvalue weighted by Gasteiger charge is 2.15. The van der Waals surface area contributed by atoms with E-state index in [-0.39, 0.29) is 5.54 Å². The lowest BCUT2D eigenvalue weighted by molar-refractivity contribution is 0.423. The molecule has 2 rings (SSSR count). The number of aromatic nitrogens is 3. The summed E-state index contributed by atoms with van der Waals surface area (Å²) in [6, 6.07) is 4.08. The molecule has 0 aliphatic rings. The zero-order valence-electron chi connectivity index (χ0n) is 13.3. The predicted molar refractivity (Wildman–Crippen MR) is 82.2 cm³/mol. The van der Waals surface area contributed by atoms with Gasteiger partial charge in [0.15, 0.2) is 5.82 Å². The topological polar surface area (TPSA) is 42.7 Å². The van der Waals surface area contributed by atoms with Gasteiger partial charge in [-0.3, -0.25) is 0 Å². The number of rotatable bonds is 3. The predicted octanol–water partition coefficient (Wildman–Crippen LogP) is 3.08. The van der Waals surface area contributed by atoms with Gasteiger partial charge in [-0.05, 0) is 53.2 Å². The molecule has 2 aromatic rings. The molecule has 0 aliphatic heterocycles. The monoisotopic (exact) mass is 272 g/mol. The van der Waals surface area contributed by atoms with Crippen molar-refractivity contribution in [2.24, 2.45) is 0 Å². The second kappa shape index (κ2) is 5.37. The minimum absolute atomic E-state index is 0.0815. The molecule has 4 nitrogen and oxygen atoms in total. The van der Waals surface area contributed by atoms with Crippen LogP contribution >= 0.6 is 0 Å². The molecule has 0 aromatic carbocycles. The van der Waals surface area contributed by atoms with E-state index in [1.807, 2.05) is 23.9 Å². The third-order valence-corrected chi connectivity index (χ3v) is 3.53. The fourth-order valence-corrected chi connectivity index (χ4v) is 2.05. The molecule has 2 aromatic heterocycles. The summed E-state index contributed by atoms with van der Waals surface area (Å²) >= 11 is 0. The average molecular weight is 272 g/mol. The SMILES string of the molecule is Cc1nn(-c2ncccc2CNC(C)(C)C)c(C)c1C. The Hall–Kier alpha value is -1.68. The summed E-state index contributed by atoms with van der Waals surface area (Å²) in [6.07, 6.45) is 1.82. The van der Waals surface area contributed by atoms with Crippen LogP contribution in [0.2, 0.25) is 0 Å². The van der Waals surface area contributed by atoms with Crippen molar-refractivity contribution in [1.82, 2.24) is 20.1 Å². The molecule has 0 bridgehead atoms. The third-order valence-electron chi connectivity index (χ3n) is 3.53. The Morgan fingerprint density at radius 3 is 2.45 bits per heavy atom. The summed E-state index contributed by atoms with van der Waals surface area (Å²) in [5, 5.41) is 8.12. The molecule has 2 heterocycles. The van der Waals surface area contributed by atoms with Crippen LogP contribution in [0.1, 0.15) is 43.3 Å². The first-order chi connectivity index (χ1) is 9.29. The second-order valence-electron chi connectivity index (χ2n) is 6.30. The molecule has 0 aliphatic carbocycles. The van der Waals surface area contributed by atoms with E-state index in [1.54, 1.807) is 0 Å². The Kier molecular flexibility index (Phi) is 3.95. The van der Waals surface area contributed by atoms with Gasteiger partial charge in [0.1, 0.15) is 0 Å². The van der Waals surface area contributed by atoms with Crippen molar-refractivity contribution in [3.63, 3.8) is 0 Å². The first-order valence-corrected chi connectivity index (χ1v) is 7.02. The van der Waals surface area contributed by atoms with Gasteiger partial charge in [0.2, 0.25) is 0 Å². The Balaban J connectivity index is 2.39. The van der Waals surface area contributed by atoms with Crippen LogP contribution in [0.15, 0.2) is 18.3 Å². The summed E-state index contributed by atoms with van der Waals surface area (Å²) in [5.74, 6) is 0.915. The van der Waals surface area contributed by atoms with Crippen LogP contribution in [0.3, 0.4) is 0 Å². The van der Waals surface area contributed by atoms with E-state index in [1.165, 1.54) is 5.56 Å². The first-order valence-electron chi connectivity index (χ1n) is 7.02. The van der Waals surface area contributed by atoms with Gasteiger partial charge in [-0.2, -0.15) is 5.10 Å². The maximum Gasteiger partial charge on any atom is 0.158 e. The van der Waals surface area contributed by atoms with Crippen LogP contribution in [0.25, 0.3) is 5.82 Å². The minimum atomic E-state index is 0.0815. The van der Waals surface area contributed by atoms with Crippen molar-refractivity contribution in [3.05, 3.63) is 40.8 Å². The van der Waals surface area contributed by atoms with E-state index in [9.17, 15) is 0 Å². The van der Waals surface area contributed by atoms with Gasteiger partial charge in [0, 0.05) is 29.5 Å². The third kappa shape index (κ3) is 3.07. The van der Waals surface area contributed by atoms with E-state index < -0.39 is 0 Å². The van der Waals surface area contributed by atoms with Crippen molar-refractivity contribution in [2.45, 2.75) is 53.6 Å². The highest BCUT2D eigenvalue weighted by atomic mass is 15.3. The molecular weight excluding hydrogens is 248 g/mol. The average Bonchev–Trinajstić information content (AvgIpc) is 2.64. The molecule has 0 saturated carbocycles. The fourth-order valence-electron chi connectivity index (χ4n) is 2.05. The molecule has 0 amide bonds. The maximum absolute atomic E-state index is 4.61. The molecule has 20 heavy (non-hydrogen) atoms. The zero-order valence-corrected chi connectivity index (χ0v) is 13.3. The van der Waals surface area contributed by atoms with E-state index in [0.717, 1.165) is 29.3 Å². The minimum Gasteiger partial charge on any atom is -0.308 e. The molecule has 108 valence electrons. The Labute approximate surface area is 121 Å². The highest BCUT2D eigenvalue weighted by molar-refractivity contribution is 5.37. The number of aryl methyl sites for hydroxylation is 1. The quantitative estimate of drug-likeness (QED) is 0.933. The van der Waals surface area contributed by atoms with Crippen molar-refractivity contribution in [2.75, 3.05) is 0 Å². The summed E-state index contributed by atoms with van der Waals surface area (Å²) in [6.45, 7) is 13.5. The Morgan fingerprint density at radius 1 is 1.20 bits per heavy atom. The van der Waals surface area contributed by atoms with E-state index in [2.05, 4.69) is 56.1 Å². The molecule has 4 heteroatoms. The van der Waals surface area contributed by atoms with Gasteiger partial charge in [-0.1, -0.05) is 6.07 Å². The largest absolute Gasteiger partial charge is 0.308 e. The molecular formula is C16H24N4. The summed E-state index contributed by atoms with van der Waals surface area (Å²) < 4.78 is 1.95. The Morgan fingerprint density at radius 2 is 1.90 bits per heavy atom. The second-order valence-corrected chi connectivity index (χ2v) is 6.30. The molecule has 0 saturated heterocycles. The van der Waals surface area contributed by atoms with Crippen LogP contribution in [-0.4, -0.2) is 20.3 Å². The molecule has 0 fully saturated rings. The summed E-state index contributed by atoms with van der Waals surface area (Å²) in [7, 11) is 0. The first kappa shape index (κ1) is 14.7. The van der Waals surface area contributed by atoms with Gasteiger partial charge in [0.05, 0.1) is 5.69 Å². The highest BCUT2D eigenvalue weighted by Crippen LogP contribution is 2.18. The standard InChI is InChI=1S/C16H24N4/c1-11-12(2)19-20(13(11)3)15-14(8-7-9-17-15)10-18-16(4,5)6/h7-9,18H,10H2,1-6H3. The maximum atomic E-state index is 4.61. The van der Waals surface area contributed by atoms with Gasteiger partial charge in [-0.15, -0.1) is 0 Å². The van der Waals surface area contributed by atoms with Crippen molar-refractivity contribution >= 4 is 0 Å². The van der Waals surface area contributed by atoms with Gasteiger partial charge in [-0.25, -0.2) is 9.67 Å². The van der Waals surface area contributed by atoms with Crippen molar-refractivity contribution in [1.29, 1.82) is 0 Å². The van der Waals surface area contributed by atoms with Gasteiger partial charge >= 0.3 is 0 Å². The zero-order chi connectivity index (χ0) is 14.9. The number of hydrogen-bond donors (Lipinski definition) is 1. The van der Waals surface area contributed by atoms with Gasteiger partial charge in [0.25, 0.3) is 0 Å². The van der Waals surface area contributed by atoms with Crippen LogP contribution in [0.5, 0.6) is 0 Å². The lowest BCUT2D eigenvalue weighted by atomic mass is 10.1. The number of nitrogens with zero attached hydrogens (tertiary/aromatic N) is 3. The molecule has 0 radical (unpaired) electrons. The normalized spacial score (nSPS) is 11.9. The van der Waals surface area contributed by atoms with Gasteiger partial charge < -0.3 is 5.32 Å². The molecule has 0 atom stereocenters.